The van der Waals surface area contributed by atoms with Crippen molar-refractivity contribution in [2.45, 2.75) is 20.3 Å². The molecule has 11 heavy (non-hydrogen) atoms. The van der Waals surface area contributed by atoms with Crippen LogP contribution in [0.15, 0.2) is 0 Å². The first kappa shape index (κ1) is 10.8. The minimum atomic E-state index is 0.0767. The Morgan fingerprint density at radius 2 is 2.18 bits per heavy atom. The fraction of sp³-hybridized carbons (Fsp3) is 0.857. The molecule has 0 saturated carbocycles. The van der Waals surface area contributed by atoms with Gasteiger partial charge in [0.15, 0.2) is 0 Å². The van der Waals surface area contributed by atoms with E-state index in [2.05, 4.69) is 17.8 Å². The number of amides is 1. The lowest BCUT2D eigenvalue weighted by molar-refractivity contribution is -0.121. The van der Waals surface area contributed by atoms with E-state index in [-0.39, 0.29) is 5.91 Å². The molecule has 0 heterocycles. The summed E-state index contributed by atoms with van der Waals surface area (Å²) in [7, 11) is 0. The number of carbonyl (C=O) groups is 1. The van der Waals surface area contributed by atoms with E-state index in [0.717, 1.165) is 18.1 Å². The standard InChI is InChI=1S/C7H16N2OS/c1-3-8-9-7(10)5-6-11-4-2/h8H,3-6H2,1-2H3,(H,9,10). The Bertz CT molecular complexity index is 109. The summed E-state index contributed by atoms with van der Waals surface area (Å²) in [6.45, 7) is 4.81. The Kier molecular flexibility index (Phi) is 7.72. The van der Waals surface area contributed by atoms with Crippen LogP contribution in [0.5, 0.6) is 0 Å². The Labute approximate surface area is 72.3 Å². The molecule has 0 aliphatic heterocycles. The first-order valence-corrected chi connectivity index (χ1v) is 5.06. The van der Waals surface area contributed by atoms with Crippen molar-refractivity contribution < 1.29 is 4.79 Å². The van der Waals surface area contributed by atoms with Crippen molar-refractivity contribution >= 4 is 17.7 Å². The largest absolute Gasteiger partial charge is 0.292 e. The van der Waals surface area contributed by atoms with Gasteiger partial charge in [-0.2, -0.15) is 11.8 Å². The van der Waals surface area contributed by atoms with Crippen molar-refractivity contribution in [1.29, 1.82) is 0 Å². The molecule has 66 valence electrons. The average Bonchev–Trinajstić information content (AvgIpc) is 2.01. The van der Waals surface area contributed by atoms with Gasteiger partial charge in [-0.15, -0.1) is 0 Å². The van der Waals surface area contributed by atoms with Crippen LogP contribution in [0, 0.1) is 0 Å². The molecular weight excluding hydrogens is 160 g/mol. The molecule has 0 aliphatic carbocycles. The highest BCUT2D eigenvalue weighted by Crippen LogP contribution is 1.99. The molecule has 0 aromatic heterocycles. The fourth-order valence-electron chi connectivity index (χ4n) is 0.559. The quantitative estimate of drug-likeness (QED) is 0.464. The summed E-state index contributed by atoms with van der Waals surface area (Å²) in [4.78, 5) is 10.9. The summed E-state index contributed by atoms with van der Waals surface area (Å²) >= 11 is 1.78. The number of carbonyl (C=O) groups excluding carboxylic acids is 1. The van der Waals surface area contributed by atoms with Gasteiger partial charge in [0.2, 0.25) is 5.91 Å². The monoisotopic (exact) mass is 176 g/mol. The van der Waals surface area contributed by atoms with Crippen molar-refractivity contribution in [2.24, 2.45) is 0 Å². The van der Waals surface area contributed by atoms with Crippen LogP contribution in [0.2, 0.25) is 0 Å². The summed E-state index contributed by atoms with van der Waals surface area (Å²) in [6.07, 6.45) is 0.603. The zero-order chi connectivity index (χ0) is 8.53. The minimum absolute atomic E-state index is 0.0767. The predicted octanol–water partition coefficient (Wildman–Crippen LogP) is 0.770. The molecule has 4 heteroatoms. The highest BCUT2D eigenvalue weighted by Gasteiger charge is 1.97. The highest BCUT2D eigenvalue weighted by molar-refractivity contribution is 7.99. The van der Waals surface area contributed by atoms with Gasteiger partial charge in [-0.25, -0.2) is 5.43 Å². The van der Waals surface area contributed by atoms with Crippen LogP contribution >= 0.6 is 11.8 Å². The van der Waals surface area contributed by atoms with E-state index in [0.29, 0.717) is 6.42 Å². The van der Waals surface area contributed by atoms with Crippen LogP contribution in [0.3, 0.4) is 0 Å². The number of rotatable bonds is 6. The maximum Gasteiger partial charge on any atom is 0.234 e. The average molecular weight is 176 g/mol. The molecule has 1 amide bonds. The van der Waals surface area contributed by atoms with Crippen LogP contribution in [-0.4, -0.2) is 24.0 Å². The van der Waals surface area contributed by atoms with E-state index in [1.165, 1.54) is 0 Å². The highest BCUT2D eigenvalue weighted by atomic mass is 32.2. The van der Waals surface area contributed by atoms with Gasteiger partial charge in [0.25, 0.3) is 0 Å². The molecule has 0 unspecified atom stereocenters. The molecule has 0 atom stereocenters. The molecule has 0 rings (SSSR count). The second kappa shape index (κ2) is 7.88. The predicted molar refractivity (Wildman–Crippen MR) is 49.4 cm³/mol. The third kappa shape index (κ3) is 7.68. The summed E-state index contributed by atoms with van der Waals surface area (Å²) in [5.41, 5.74) is 5.36. The zero-order valence-electron chi connectivity index (χ0n) is 7.14. The lowest BCUT2D eigenvalue weighted by Crippen LogP contribution is -2.37. The third-order valence-corrected chi connectivity index (χ3v) is 1.98. The number of hydrogen-bond acceptors (Lipinski definition) is 3. The fourth-order valence-corrected chi connectivity index (χ4v) is 1.18. The molecule has 0 fully saturated rings. The molecule has 0 spiro atoms. The summed E-state index contributed by atoms with van der Waals surface area (Å²) in [5, 5.41) is 0. The van der Waals surface area contributed by atoms with Crippen molar-refractivity contribution in [3.8, 4) is 0 Å². The summed E-state index contributed by atoms with van der Waals surface area (Å²) < 4.78 is 0. The Morgan fingerprint density at radius 3 is 2.73 bits per heavy atom. The second-order valence-corrected chi connectivity index (χ2v) is 3.42. The number of thioether (sulfide) groups is 1. The third-order valence-electron chi connectivity index (χ3n) is 1.08. The smallest absolute Gasteiger partial charge is 0.234 e. The van der Waals surface area contributed by atoms with E-state index in [9.17, 15) is 4.79 Å². The molecular formula is C7H16N2OS. The summed E-state index contributed by atoms with van der Waals surface area (Å²) in [5.74, 6) is 2.06. The van der Waals surface area contributed by atoms with Crippen LogP contribution in [0.1, 0.15) is 20.3 Å². The molecule has 0 aromatic rings. The van der Waals surface area contributed by atoms with Gasteiger partial charge in [0.1, 0.15) is 0 Å². The van der Waals surface area contributed by atoms with E-state index in [1.54, 1.807) is 11.8 Å². The zero-order valence-corrected chi connectivity index (χ0v) is 7.96. The van der Waals surface area contributed by atoms with Crippen LogP contribution in [0.4, 0.5) is 0 Å². The van der Waals surface area contributed by atoms with E-state index in [4.69, 9.17) is 0 Å². The first-order chi connectivity index (χ1) is 5.31. The molecule has 0 saturated heterocycles. The topological polar surface area (TPSA) is 41.1 Å². The SMILES string of the molecule is CCNNC(=O)CCSCC. The van der Waals surface area contributed by atoms with Gasteiger partial charge >= 0.3 is 0 Å². The van der Waals surface area contributed by atoms with Crippen LogP contribution < -0.4 is 10.9 Å². The van der Waals surface area contributed by atoms with E-state index in [1.807, 2.05) is 6.92 Å². The van der Waals surface area contributed by atoms with Crippen LogP contribution in [-0.2, 0) is 4.79 Å². The van der Waals surface area contributed by atoms with E-state index >= 15 is 0 Å². The Balaban J connectivity index is 3.09. The molecule has 0 bridgehead atoms. The maximum atomic E-state index is 10.9. The Hall–Kier alpha value is -0.220. The van der Waals surface area contributed by atoms with Gasteiger partial charge in [0, 0.05) is 18.7 Å². The maximum absolute atomic E-state index is 10.9. The van der Waals surface area contributed by atoms with Crippen molar-refractivity contribution in [3.63, 3.8) is 0 Å². The lowest BCUT2D eigenvalue weighted by atomic mass is 10.5. The Morgan fingerprint density at radius 1 is 1.45 bits per heavy atom. The number of hydrazine groups is 1. The molecule has 0 aliphatic rings. The molecule has 0 radical (unpaired) electrons. The van der Waals surface area contributed by atoms with Gasteiger partial charge in [-0.1, -0.05) is 13.8 Å². The molecule has 3 nitrogen and oxygen atoms in total. The lowest BCUT2D eigenvalue weighted by Gasteiger charge is -2.03. The summed E-state index contributed by atoms with van der Waals surface area (Å²) in [6, 6.07) is 0. The van der Waals surface area contributed by atoms with Gasteiger partial charge in [-0.3, -0.25) is 10.2 Å². The normalized spacial score (nSPS) is 9.64. The van der Waals surface area contributed by atoms with Gasteiger partial charge in [0.05, 0.1) is 0 Å². The molecule has 0 aromatic carbocycles. The minimum Gasteiger partial charge on any atom is -0.292 e. The first-order valence-electron chi connectivity index (χ1n) is 3.90. The van der Waals surface area contributed by atoms with E-state index < -0.39 is 0 Å². The van der Waals surface area contributed by atoms with Crippen LogP contribution in [0.25, 0.3) is 0 Å². The van der Waals surface area contributed by atoms with Gasteiger partial charge < -0.3 is 0 Å². The second-order valence-electron chi connectivity index (χ2n) is 2.03. The van der Waals surface area contributed by atoms with Crippen molar-refractivity contribution in [1.82, 2.24) is 10.9 Å². The van der Waals surface area contributed by atoms with Gasteiger partial charge in [-0.05, 0) is 5.75 Å². The molecule has 2 N–H and O–H groups in total. The number of hydrogen-bond donors (Lipinski definition) is 2. The number of nitrogens with one attached hydrogen (secondary N) is 2. The van der Waals surface area contributed by atoms with Crippen molar-refractivity contribution in [3.05, 3.63) is 0 Å². The van der Waals surface area contributed by atoms with Crippen molar-refractivity contribution in [2.75, 3.05) is 18.1 Å².